The van der Waals surface area contributed by atoms with Crippen molar-refractivity contribution in [2.45, 2.75) is 156 Å². The zero-order valence-electron chi connectivity index (χ0n) is 29.1. The Morgan fingerprint density at radius 2 is 1.38 bits per heavy atom. The van der Waals surface area contributed by atoms with Crippen molar-refractivity contribution in [2.24, 2.45) is 10.8 Å². The van der Waals surface area contributed by atoms with Crippen LogP contribution in [0.2, 0.25) is 0 Å². The van der Waals surface area contributed by atoms with Gasteiger partial charge in [-0.25, -0.2) is 0 Å². The van der Waals surface area contributed by atoms with Gasteiger partial charge in [0, 0.05) is 61.6 Å². The number of likely N-dealkylation sites (tertiary alicyclic amines) is 1. The fraction of sp³-hybridized carbons (Fsp3) is 0.838. The summed E-state index contributed by atoms with van der Waals surface area (Å²) in [6, 6.07) is 10.6. The summed E-state index contributed by atoms with van der Waals surface area (Å²) in [5.41, 5.74) is 3.83. The lowest BCUT2D eigenvalue weighted by atomic mass is 9.77. The van der Waals surface area contributed by atoms with E-state index in [2.05, 4.69) is 114 Å². The van der Waals surface area contributed by atoms with E-state index in [1.807, 2.05) is 0 Å². The number of piperidine rings is 1. The van der Waals surface area contributed by atoms with E-state index in [0.29, 0.717) is 29.7 Å². The highest BCUT2D eigenvalue weighted by molar-refractivity contribution is 5.49. The normalized spacial score (nSPS) is 25.2. The molecule has 2 heterocycles. The Hall–Kier alpha value is -1.14. The van der Waals surface area contributed by atoms with E-state index in [1.54, 1.807) is 0 Å². The minimum atomic E-state index is 0.155. The summed E-state index contributed by atoms with van der Waals surface area (Å²) in [5.74, 6) is 0. The van der Waals surface area contributed by atoms with E-state index in [-0.39, 0.29) is 16.5 Å². The molecule has 0 bridgehead atoms. The fourth-order valence-electron chi connectivity index (χ4n) is 7.41. The van der Waals surface area contributed by atoms with Crippen LogP contribution in [0.5, 0.6) is 0 Å². The summed E-state index contributed by atoms with van der Waals surface area (Å²) in [6.45, 7) is 29.3. The SMILES string of the molecule is CC(C)(C)CN1CCC(OC2CC(NC(C)(C)CCC(C)(C)Cc3ccc(N4CCC(NC(C)(C)C)C4)cc3)C2)CC1. The van der Waals surface area contributed by atoms with Gasteiger partial charge in [0.25, 0.3) is 0 Å². The van der Waals surface area contributed by atoms with E-state index in [1.165, 1.54) is 75.8 Å². The number of nitrogens with zero attached hydrogens (tertiary/aromatic N) is 2. The average molecular weight is 583 g/mol. The Bertz CT molecular complexity index is 959. The Balaban J connectivity index is 1.13. The first-order valence-electron chi connectivity index (χ1n) is 17.2. The van der Waals surface area contributed by atoms with Crippen molar-refractivity contribution in [1.82, 2.24) is 15.5 Å². The fourth-order valence-corrected chi connectivity index (χ4v) is 7.41. The average Bonchev–Trinajstić information content (AvgIpc) is 3.29. The van der Waals surface area contributed by atoms with Gasteiger partial charge in [0.1, 0.15) is 0 Å². The van der Waals surface area contributed by atoms with Gasteiger partial charge in [-0.1, -0.05) is 46.8 Å². The van der Waals surface area contributed by atoms with Gasteiger partial charge in [-0.3, -0.25) is 0 Å². The second-order valence-corrected chi connectivity index (χ2v) is 17.8. The molecular formula is C37H66N4O. The maximum atomic E-state index is 6.52. The summed E-state index contributed by atoms with van der Waals surface area (Å²) in [6.07, 6.45) is 10.4. The van der Waals surface area contributed by atoms with Crippen LogP contribution < -0.4 is 15.5 Å². The van der Waals surface area contributed by atoms with Crippen LogP contribution >= 0.6 is 0 Å². The monoisotopic (exact) mass is 583 g/mol. The molecule has 0 radical (unpaired) electrons. The van der Waals surface area contributed by atoms with Crippen molar-refractivity contribution < 1.29 is 4.74 Å². The molecule has 4 rings (SSSR count). The molecule has 1 aromatic rings. The predicted molar refractivity (Wildman–Crippen MR) is 181 cm³/mol. The molecule has 0 spiro atoms. The molecular weight excluding hydrogens is 516 g/mol. The Morgan fingerprint density at radius 3 is 1.98 bits per heavy atom. The van der Waals surface area contributed by atoms with Crippen molar-refractivity contribution in [1.29, 1.82) is 0 Å². The van der Waals surface area contributed by atoms with E-state index < -0.39 is 0 Å². The third-order valence-electron chi connectivity index (χ3n) is 9.54. The molecule has 1 aliphatic carbocycles. The van der Waals surface area contributed by atoms with E-state index in [4.69, 9.17) is 4.74 Å². The van der Waals surface area contributed by atoms with Crippen molar-refractivity contribution in [3.8, 4) is 0 Å². The molecule has 1 saturated carbocycles. The van der Waals surface area contributed by atoms with Gasteiger partial charge in [0.2, 0.25) is 0 Å². The molecule has 0 aromatic heterocycles. The third kappa shape index (κ3) is 11.1. The second kappa shape index (κ2) is 13.5. The van der Waals surface area contributed by atoms with Gasteiger partial charge in [-0.2, -0.15) is 0 Å². The molecule has 0 amide bonds. The highest BCUT2D eigenvalue weighted by Crippen LogP contribution is 2.34. The molecule has 5 nitrogen and oxygen atoms in total. The van der Waals surface area contributed by atoms with Crippen LogP contribution in [0.3, 0.4) is 0 Å². The zero-order chi connectivity index (χ0) is 30.8. The van der Waals surface area contributed by atoms with Crippen LogP contribution in [0, 0.1) is 10.8 Å². The lowest BCUT2D eigenvalue weighted by molar-refractivity contribution is -0.0888. The topological polar surface area (TPSA) is 39.8 Å². The van der Waals surface area contributed by atoms with E-state index >= 15 is 0 Å². The molecule has 2 saturated heterocycles. The molecule has 2 aliphatic heterocycles. The van der Waals surface area contributed by atoms with Crippen LogP contribution in [0.4, 0.5) is 5.69 Å². The second-order valence-electron chi connectivity index (χ2n) is 17.8. The predicted octanol–water partition coefficient (Wildman–Crippen LogP) is 7.43. The lowest BCUT2D eigenvalue weighted by Gasteiger charge is -2.44. The summed E-state index contributed by atoms with van der Waals surface area (Å²) in [5, 5.41) is 7.76. The third-order valence-corrected chi connectivity index (χ3v) is 9.54. The number of anilines is 1. The molecule has 1 unspecified atom stereocenters. The van der Waals surface area contributed by atoms with Gasteiger partial charge in [0.05, 0.1) is 12.2 Å². The van der Waals surface area contributed by atoms with Crippen LogP contribution in [-0.2, 0) is 11.2 Å². The largest absolute Gasteiger partial charge is 0.375 e. The van der Waals surface area contributed by atoms with Gasteiger partial charge in [-0.05, 0) is 115 Å². The van der Waals surface area contributed by atoms with Gasteiger partial charge in [-0.15, -0.1) is 0 Å². The first kappa shape index (κ1) is 33.7. The van der Waals surface area contributed by atoms with Crippen molar-refractivity contribution in [3.63, 3.8) is 0 Å². The standard InChI is InChI=1S/C37H66N4O/c1-34(2,3)27-40-20-16-32(17-21-40)42-33-23-30(24-33)39-37(9,10)19-18-36(7,8)25-28-11-13-31(14-12-28)41-22-15-29(26-41)38-35(4,5)6/h11-14,29-30,32-33,38-39H,15-27H2,1-10H3. The molecule has 5 heteroatoms. The smallest absolute Gasteiger partial charge is 0.0608 e. The number of hydrogen-bond donors (Lipinski definition) is 2. The molecule has 2 N–H and O–H groups in total. The Morgan fingerprint density at radius 1 is 0.738 bits per heavy atom. The minimum Gasteiger partial charge on any atom is -0.375 e. The zero-order valence-corrected chi connectivity index (χ0v) is 29.1. The molecule has 240 valence electrons. The number of benzene rings is 1. The van der Waals surface area contributed by atoms with Gasteiger partial charge < -0.3 is 25.2 Å². The minimum absolute atomic E-state index is 0.155. The van der Waals surface area contributed by atoms with E-state index in [0.717, 1.165) is 19.5 Å². The van der Waals surface area contributed by atoms with Gasteiger partial charge >= 0.3 is 0 Å². The van der Waals surface area contributed by atoms with Crippen molar-refractivity contribution >= 4 is 5.69 Å². The number of hydrogen-bond acceptors (Lipinski definition) is 5. The quantitative estimate of drug-likeness (QED) is 0.268. The molecule has 1 atom stereocenters. The summed E-state index contributed by atoms with van der Waals surface area (Å²) < 4.78 is 6.52. The van der Waals surface area contributed by atoms with Crippen LogP contribution in [0.15, 0.2) is 24.3 Å². The molecule has 1 aromatic carbocycles. The first-order valence-corrected chi connectivity index (χ1v) is 17.2. The number of ether oxygens (including phenoxy) is 1. The number of nitrogens with one attached hydrogen (secondary N) is 2. The highest BCUT2D eigenvalue weighted by Gasteiger charge is 2.36. The maximum absolute atomic E-state index is 6.52. The maximum Gasteiger partial charge on any atom is 0.0608 e. The Labute approximate surface area is 259 Å². The molecule has 3 fully saturated rings. The molecule has 3 aliphatic rings. The van der Waals surface area contributed by atoms with Crippen LogP contribution in [-0.4, -0.2) is 73.0 Å². The van der Waals surface area contributed by atoms with E-state index in [9.17, 15) is 0 Å². The highest BCUT2D eigenvalue weighted by atomic mass is 16.5. The van der Waals surface area contributed by atoms with Crippen molar-refractivity contribution in [3.05, 3.63) is 29.8 Å². The van der Waals surface area contributed by atoms with Crippen LogP contribution in [0.25, 0.3) is 0 Å². The lowest BCUT2D eigenvalue weighted by Crippen LogP contribution is -2.55. The van der Waals surface area contributed by atoms with Crippen molar-refractivity contribution in [2.75, 3.05) is 37.6 Å². The number of rotatable bonds is 12. The van der Waals surface area contributed by atoms with Gasteiger partial charge in [0.15, 0.2) is 0 Å². The summed E-state index contributed by atoms with van der Waals surface area (Å²) in [4.78, 5) is 5.17. The molecule has 42 heavy (non-hydrogen) atoms. The first-order chi connectivity index (χ1) is 19.4. The summed E-state index contributed by atoms with van der Waals surface area (Å²) in [7, 11) is 0. The Kier molecular flexibility index (Phi) is 10.8. The van der Waals surface area contributed by atoms with Crippen LogP contribution in [0.1, 0.15) is 120 Å². The summed E-state index contributed by atoms with van der Waals surface area (Å²) >= 11 is 0.